The quantitative estimate of drug-likeness (QED) is 0.291. The van der Waals surface area contributed by atoms with Gasteiger partial charge in [0.25, 0.3) is 0 Å². The van der Waals surface area contributed by atoms with Crippen molar-refractivity contribution in [3.8, 4) is 0 Å². The summed E-state index contributed by atoms with van der Waals surface area (Å²) >= 11 is 0. The molecule has 1 amide bonds. The number of rotatable bonds is 8. The van der Waals surface area contributed by atoms with E-state index in [2.05, 4.69) is 58.5 Å². The Morgan fingerprint density at radius 2 is 2.11 bits per heavy atom. The number of unbranched alkanes of at least 4 members (excludes halogenated alkanes) is 1. The predicted molar refractivity (Wildman–Crippen MR) is 142 cm³/mol. The number of hydrogen-bond donors (Lipinski definition) is 2. The standard InChI is InChI=1S/C28H34N6O2/c1-3-4-15-36-27(35)33-25-10-7-20-6-5-19(16-22(20)32-25)11-13-28(2)14-12-21(17-28)23-8-9-24-26(29)30-18-31-34(23)24/h5-10,16,18,21H,3-4,11-15,17H2,1-2H3,(H2,29,30,31)(H,32,33,35)/t21?,28-/m1/s1. The van der Waals surface area contributed by atoms with Crippen LogP contribution in [-0.2, 0) is 11.2 Å². The van der Waals surface area contributed by atoms with Crippen molar-refractivity contribution in [3.05, 3.63) is 60.0 Å². The fourth-order valence-corrected chi connectivity index (χ4v) is 5.37. The predicted octanol–water partition coefficient (Wildman–Crippen LogP) is 6.11. The largest absolute Gasteiger partial charge is 0.449 e. The van der Waals surface area contributed by atoms with Gasteiger partial charge in [-0.05, 0) is 79.8 Å². The summed E-state index contributed by atoms with van der Waals surface area (Å²) in [6, 6.07) is 14.4. The smallest absolute Gasteiger partial charge is 0.412 e. The van der Waals surface area contributed by atoms with E-state index in [0.29, 0.717) is 24.2 Å². The van der Waals surface area contributed by atoms with Crippen LogP contribution in [0.15, 0.2) is 48.8 Å². The zero-order chi connectivity index (χ0) is 25.1. The first-order valence-electron chi connectivity index (χ1n) is 12.9. The van der Waals surface area contributed by atoms with Gasteiger partial charge in [-0.2, -0.15) is 5.10 Å². The molecule has 1 unspecified atom stereocenters. The third-order valence-electron chi connectivity index (χ3n) is 7.50. The minimum absolute atomic E-state index is 0.265. The monoisotopic (exact) mass is 486 g/mol. The molecule has 1 aromatic carbocycles. The molecule has 5 rings (SSSR count). The maximum atomic E-state index is 12.0. The normalized spacial score (nSPS) is 19.7. The van der Waals surface area contributed by atoms with Gasteiger partial charge < -0.3 is 10.5 Å². The Morgan fingerprint density at radius 1 is 1.25 bits per heavy atom. The second-order valence-electron chi connectivity index (χ2n) is 10.3. The number of ether oxygens (including phenoxy) is 1. The van der Waals surface area contributed by atoms with Crippen LogP contribution in [0.5, 0.6) is 0 Å². The second-order valence-corrected chi connectivity index (χ2v) is 10.3. The second kappa shape index (κ2) is 10.1. The molecule has 1 fully saturated rings. The minimum Gasteiger partial charge on any atom is -0.449 e. The van der Waals surface area contributed by atoms with Gasteiger partial charge in [0.05, 0.1) is 12.1 Å². The summed E-state index contributed by atoms with van der Waals surface area (Å²) in [5.41, 5.74) is 10.5. The molecule has 0 bridgehead atoms. The first kappa shape index (κ1) is 24.0. The van der Waals surface area contributed by atoms with Crippen molar-refractivity contribution in [3.63, 3.8) is 0 Å². The Hall–Kier alpha value is -3.68. The van der Waals surface area contributed by atoms with Crippen LogP contribution in [0.1, 0.15) is 69.5 Å². The summed E-state index contributed by atoms with van der Waals surface area (Å²) in [5.74, 6) is 1.50. The third kappa shape index (κ3) is 5.12. The summed E-state index contributed by atoms with van der Waals surface area (Å²) in [6.45, 7) is 4.88. The Labute approximate surface area is 211 Å². The number of nitrogens with zero attached hydrogens (tertiary/aromatic N) is 4. The summed E-state index contributed by atoms with van der Waals surface area (Å²) in [4.78, 5) is 20.7. The summed E-state index contributed by atoms with van der Waals surface area (Å²) in [7, 11) is 0. The van der Waals surface area contributed by atoms with Crippen LogP contribution in [0.3, 0.4) is 0 Å². The molecule has 0 radical (unpaired) electrons. The Balaban J connectivity index is 1.23. The molecule has 8 heteroatoms. The van der Waals surface area contributed by atoms with Crippen LogP contribution in [0.4, 0.5) is 16.4 Å². The molecule has 0 aliphatic heterocycles. The van der Waals surface area contributed by atoms with Crippen LogP contribution in [0.25, 0.3) is 16.4 Å². The molecular formula is C28H34N6O2. The van der Waals surface area contributed by atoms with E-state index < -0.39 is 6.09 Å². The average Bonchev–Trinajstić information content (AvgIpc) is 3.47. The van der Waals surface area contributed by atoms with Gasteiger partial charge in [-0.25, -0.2) is 19.3 Å². The fraction of sp³-hybridized carbons (Fsp3) is 0.429. The van der Waals surface area contributed by atoms with E-state index in [1.165, 1.54) is 24.0 Å². The number of anilines is 2. The lowest BCUT2D eigenvalue weighted by atomic mass is 9.81. The van der Waals surface area contributed by atoms with Crippen molar-refractivity contribution in [1.29, 1.82) is 0 Å². The number of nitrogens with one attached hydrogen (secondary N) is 1. The molecule has 188 valence electrons. The van der Waals surface area contributed by atoms with Gasteiger partial charge in [-0.1, -0.05) is 32.4 Å². The molecule has 1 aliphatic rings. The highest BCUT2D eigenvalue weighted by atomic mass is 16.5. The van der Waals surface area contributed by atoms with Crippen molar-refractivity contribution in [2.24, 2.45) is 5.41 Å². The summed E-state index contributed by atoms with van der Waals surface area (Å²) in [5, 5.41) is 8.24. The number of aryl methyl sites for hydroxylation is 1. The molecule has 0 saturated heterocycles. The van der Waals surface area contributed by atoms with Crippen molar-refractivity contribution in [2.75, 3.05) is 17.7 Å². The lowest BCUT2D eigenvalue weighted by Gasteiger charge is -2.24. The number of carbonyl (C=O) groups is 1. The van der Waals surface area contributed by atoms with Gasteiger partial charge >= 0.3 is 6.09 Å². The lowest BCUT2D eigenvalue weighted by Crippen LogP contribution is -2.15. The van der Waals surface area contributed by atoms with Crippen LogP contribution in [-0.4, -0.2) is 32.3 Å². The van der Waals surface area contributed by atoms with Gasteiger partial charge in [0.2, 0.25) is 0 Å². The zero-order valence-electron chi connectivity index (χ0n) is 21.0. The highest BCUT2D eigenvalue weighted by molar-refractivity contribution is 5.87. The van der Waals surface area contributed by atoms with Crippen molar-refractivity contribution < 1.29 is 9.53 Å². The maximum absolute atomic E-state index is 12.0. The number of aromatic nitrogens is 4. The van der Waals surface area contributed by atoms with Crippen LogP contribution >= 0.6 is 0 Å². The molecule has 8 nitrogen and oxygen atoms in total. The summed E-state index contributed by atoms with van der Waals surface area (Å²) < 4.78 is 7.15. The molecule has 1 saturated carbocycles. The number of nitrogens with two attached hydrogens (primary N) is 1. The first-order chi connectivity index (χ1) is 17.4. The highest BCUT2D eigenvalue weighted by Crippen LogP contribution is 2.49. The van der Waals surface area contributed by atoms with Gasteiger partial charge in [-0.3, -0.25) is 5.32 Å². The molecule has 4 aromatic rings. The minimum atomic E-state index is -0.458. The number of pyridine rings is 1. The number of amides is 1. The number of benzene rings is 1. The molecule has 36 heavy (non-hydrogen) atoms. The molecule has 3 N–H and O–H groups in total. The third-order valence-corrected chi connectivity index (χ3v) is 7.50. The zero-order valence-corrected chi connectivity index (χ0v) is 21.0. The highest BCUT2D eigenvalue weighted by Gasteiger charge is 2.36. The number of nitrogen functional groups attached to an aromatic ring is 1. The molecule has 2 atom stereocenters. The van der Waals surface area contributed by atoms with Crippen LogP contribution in [0, 0.1) is 5.41 Å². The van der Waals surface area contributed by atoms with Gasteiger partial charge in [0.1, 0.15) is 17.7 Å². The molecular weight excluding hydrogens is 452 g/mol. The van der Waals surface area contributed by atoms with Crippen molar-refractivity contribution in [1.82, 2.24) is 19.6 Å². The van der Waals surface area contributed by atoms with Crippen LogP contribution in [0.2, 0.25) is 0 Å². The molecule has 1 aliphatic carbocycles. The SMILES string of the molecule is CCCCOC(=O)Nc1ccc2ccc(CC[C@]3(C)CCC(c4ccc5c(N)ncnn45)C3)cc2n1. The van der Waals surface area contributed by atoms with Crippen molar-refractivity contribution in [2.45, 2.75) is 64.7 Å². The number of hydrogen-bond acceptors (Lipinski definition) is 6. The van der Waals surface area contributed by atoms with E-state index in [-0.39, 0.29) is 5.41 Å². The Morgan fingerprint density at radius 3 is 2.97 bits per heavy atom. The van der Waals surface area contributed by atoms with E-state index in [4.69, 9.17) is 10.5 Å². The molecule has 3 heterocycles. The van der Waals surface area contributed by atoms with E-state index in [1.54, 1.807) is 0 Å². The molecule has 3 aromatic heterocycles. The van der Waals surface area contributed by atoms with Gasteiger partial charge in [0, 0.05) is 17.0 Å². The van der Waals surface area contributed by atoms with Crippen molar-refractivity contribution >= 4 is 34.1 Å². The average molecular weight is 487 g/mol. The van der Waals surface area contributed by atoms with E-state index in [9.17, 15) is 4.79 Å². The van der Waals surface area contributed by atoms with Gasteiger partial charge in [0.15, 0.2) is 5.82 Å². The lowest BCUT2D eigenvalue weighted by molar-refractivity contribution is 0.160. The Bertz CT molecular complexity index is 1380. The van der Waals surface area contributed by atoms with E-state index in [0.717, 1.165) is 54.9 Å². The Kier molecular flexibility index (Phi) is 6.76. The summed E-state index contributed by atoms with van der Waals surface area (Å²) in [6.07, 6.45) is 8.47. The number of carbonyl (C=O) groups excluding carboxylic acids is 1. The van der Waals surface area contributed by atoms with E-state index in [1.807, 2.05) is 22.7 Å². The fourth-order valence-electron chi connectivity index (χ4n) is 5.37. The first-order valence-corrected chi connectivity index (χ1v) is 12.9. The molecule has 0 spiro atoms. The van der Waals surface area contributed by atoms with E-state index >= 15 is 0 Å². The van der Waals surface area contributed by atoms with Gasteiger partial charge in [-0.15, -0.1) is 0 Å². The maximum Gasteiger partial charge on any atom is 0.412 e. The topological polar surface area (TPSA) is 107 Å². The number of fused-ring (bicyclic) bond motifs is 2. The van der Waals surface area contributed by atoms with Crippen LogP contribution < -0.4 is 11.1 Å².